The number of H-pyrrole nitrogens is 1. The van der Waals surface area contributed by atoms with E-state index < -0.39 is 5.82 Å². The molecule has 1 amide bonds. The lowest BCUT2D eigenvalue weighted by atomic mass is 9.99. The number of aromatic amines is 1. The van der Waals surface area contributed by atoms with Crippen LogP contribution in [0.3, 0.4) is 0 Å². The van der Waals surface area contributed by atoms with Crippen LogP contribution in [0.4, 0.5) is 10.2 Å². The molecule has 1 fully saturated rings. The summed E-state index contributed by atoms with van der Waals surface area (Å²) in [5, 5.41) is 6.94. The van der Waals surface area contributed by atoms with Crippen LogP contribution in [-0.4, -0.2) is 64.2 Å². The van der Waals surface area contributed by atoms with E-state index in [4.69, 9.17) is 10.5 Å². The molecular formula is C28H29FN6O3. The molecule has 1 aliphatic heterocycles. The fourth-order valence-corrected chi connectivity index (χ4v) is 4.76. The maximum Gasteiger partial charge on any atom is 0.274 e. The van der Waals surface area contributed by atoms with E-state index in [1.165, 1.54) is 6.07 Å². The number of benzene rings is 2. The monoisotopic (exact) mass is 516 g/mol. The molecule has 0 radical (unpaired) electrons. The van der Waals surface area contributed by atoms with Crippen molar-refractivity contribution in [3.63, 3.8) is 0 Å². The van der Waals surface area contributed by atoms with E-state index >= 15 is 0 Å². The number of carbonyl (C=O) groups is 1. The predicted molar refractivity (Wildman–Crippen MR) is 144 cm³/mol. The minimum atomic E-state index is -0.451. The van der Waals surface area contributed by atoms with Crippen LogP contribution in [-0.2, 0) is 4.79 Å². The van der Waals surface area contributed by atoms with E-state index in [9.17, 15) is 14.0 Å². The van der Waals surface area contributed by atoms with Gasteiger partial charge in [-0.25, -0.2) is 9.49 Å². The molecule has 0 aliphatic carbocycles. The van der Waals surface area contributed by atoms with Crippen molar-refractivity contribution in [2.24, 2.45) is 0 Å². The highest BCUT2D eigenvalue weighted by Crippen LogP contribution is 2.35. The zero-order valence-corrected chi connectivity index (χ0v) is 21.2. The van der Waals surface area contributed by atoms with Crippen molar-refractivity contribution >= 4 is 22.6 Å². The Hall–Kier alpha value is -4.44. The molecule has 0 saturated carbocycles. The second-order valence-corrected chi connectivity index (χ2v) is 9.58. The molecule has 4 aromatic rings. The Kier molecular flexibility index (Phi) is 6.97. The van der Waals surface area contributed by atoms with Crippen LogP contribution in [0.2, 0.25) is 0 Å². The molecule has 1 saturated heterocycles. The number of nitrogens with zero attached hydrogens (tertiary/aromatic N) is 4. The third-order valence-corrected chi connectivity index (χ3v) is 6.63. The Bertz CT molecular complexity index is 1560. The second-order valence-electron chi connectivity index (χ2n) is 9.58. The van der Waals surface area contributed by atoms with E-state index in [0.29, 0.717) is 36.3 Å². The molecule has 2 aromatic heterocycles. The number of hydrogen-bond donors (Lipinski definition) is 2. The Labute approximate surface area is 218 Å². The summed E-state index contributed by atoms with van der Waals surface area (Å²) >= 11 is 0. The number of nitrogens with two attached hydrogens (primary N) is 1. The molecule has 0 bridgehead atoms. The van der Waals surface area contributed by atoms with Gasteiger partial charge < -0.3 is 24.8 Å². The second kappa shape index (κ2) is 10.5. The highest BCUT2D eigenvalue weighted by molar-refractivity contribution is 5.93. The molecule has 9 nitrogen and oxygen atoms in total. The van der Waals surface area contributed by atoms with E-state index in [0.717, 1.165) is 17.7 Å². The number of nitrogen functional groups attached to an aromatic ring is 1. The average Bonchev–Trinajstić information content (AvgIpc) is 3.54. The molecule has 2 aromatic carbocycles. The zero-order valence-electron chi connectivity index (χ0n) is 21.2. The van der Waals surface area contributed by atoms with Gasteiger partial charge in [-0.2, -0.15) is 5.10 Å². The van der Waals surface area contributed by atoms with Crippen molar-refractivity contribution in [3.05, 3.63) is 88.6 Å². The lowest BCUT2D eigenvalue weighted by Gasteiger charge is -2.14. The Morgan fingerprint density at radius 1 is 1.24 bits per heavy atom. The van der Waals surface area contributed by atoms with Crippen LogP contribution in [0.5, 0.6) is 11.5 Å². The van der Waals surface area contributed by atoms with Crippen LogP contribution in [0.25, 0.3) is 16.6 Å². The zero-order chi connectivity index (χ0) is 26.8. The molecule has 1 atom stereocenters. The molecule has 1 unspecified atom stereocenters. The summed E-state index contributed by atoms with van der Waals surface area (Å²) in [7, 11) is 3.89. The summed E-state index contributed by atoms with van der Waals surface area (Å²) in [6.07, 6.45) is 6.07. The Balaban J connectivity index is 1.45. The minimum Gasteiger partial charge on any atom is -0.454 e. The molecule has 38 heavy (non-hydrogen) atoms. The summed E-state index contributed by atoms with van der Waals surface area (Å²) in [5.74, 6) is 0.260. The average molecular weight is 517 g/mol. The number of amides is 1. The van der Waals surface area contributed by atoms with Crippen molar-refractivity contribution in [1.29, 1.82) is 0 Å². The summed E-state index contributed by atoms with van der Waals surface area (Å²) < 4.78 is 21.5. The highest BCUT2D eigenvalue weighted by atomic mass is 19.1. The van der Waals surface area contributed by atoms with Gasteiger partial charge in [0.2, 0.25) is 5.91 Å². The van der Waals surface area contributed by atoms with E-state index in [2.05, 4.69) is 10.2 Å². The van der Waals surface area contributed by atoms with Gasteiger partial charge >= 0.3 is 0 Å². The molecule has 5 rings (SSSR count). The van der Waals surface area contributed by atoms with Crippen molar-refractivity contribution in [2.75, 3.05) is 39.5 Å². The smallest absolute Gasteiger partial charge is 0.274 e. The maximum atomic E-state index is 14.0. The lowest BCUT2D eigenvalue weighted by molar-refractivity contribution is -0.125. The fourth-order valence-electron chi connectivity index (χ4n) is 4.76. The molecule has 196 valence electrons. The molecule has 0 spiro atoms. The number of likely N-dealkylation sites (tertiary alicyclic amines) is 1. The van der Waals surface area contributed by atoms with E-state index in [-0.39, 0.29) is 29.0 Å². The summed E-state index contributed by atoms with van der Waals surface area (Å²) in [6, 6.07) is 13.2. The predicted octanol–water partition coefficient (Wildman–Crippen LogP) is 3.66. The van der Waals surface area contributed by atoms with Crippen LogP contribution < -0.4 is 16.0 Å². The first-order chi connectivity index (χ1) is 18.3. The van der Waals surface area contributed by atoms with Gasteiger partial charge in [-0.3, -0.25) is 9.59 Å². The van der Waals surface area contributed by atoms with Gasteiger partial charge in [-0.1, -0.05) is 18.2 Å². The number of rotatable bonds is 7. The van der Waals surface area contributed by atoms with E-state index in [1.54, 1.807) is 53.4 Å². The third-order valence-electron chi connectivity index (χ3n) is 6.63. The van der Waals surface area contributed by atoms with Gasteiger partial charge in [0, 0.05) is 43.5 Å². The number of aromatic nitrogens is 3. The number of ether oxygens (including phenoxy) is 1. The highest BCUT2D eigenvalue weighted by Gasteiger charge is 2.30. The van der Waals surface area contributed by atoms with Crippen LogP contribution >= 0.6 is 0 Å². The van der Waals surface area contributed by atoms with E-state index in [1.807, 2.05) is 35.8 Å². The fraction of sp³-hybridized carbons (Fsp3) is 0.250. The number of nitrogens with one attached hydrogen (secondary N) is 1. The van der Waals surface area contributed by atoms with Crippen molar-refractivity contribution in [3.8, 4) is 17.2 Å². The van der Waals surface area contributed by atoms with Crippen LogP contribution in [0.15, 0.2) is 71.7 Å². The maximum absolute atomic E-state index is 14.0. The quantitative estimate of drug-likeness (QED) is 0.363. The largest absolute Gasteiger partial charge is 0.454 e. The number of anilines is 1. The van der Waals surface area contributed by atoms with Gasteiger partial charge in [-0.15, -0.1) is 0 Å². The number of para-hydroxylation sites is 1. The first-order valence-corrected chi connectivity index (χ1v) is 12.3. The van der Waals surface area contributed by atoms with Crippen molar-refractivity contribution in [2.45, 2.75) is 12.3 Å². The summed E-state index contributed by atoms with van der Waals surface area (Å²) in [5.41, 5.74) is 7.95. The Morgan fingerprint density at radius 3 is 2.74 bits per heavy atom. The molecular weight excluding hydrogens is 487 g/mol. The van der Waals surface area contributed by atoms with Gasteiger partial charge in [0.1, 0.15) is 11.3 Å². The number of fused-ring (bicyclic) bond motifs is 1. The first-order valence-electron chi connectivity index (χ1n) is 12.3. The molecule has 10 heteroatoms. The molecule has 1 aliphatic rings. The normalized spacial score (nSPS) is 15.7. The minimum absolute atomic E-state index is 0.0310. The topological polar surface area (TPSA) is 109 Å². The lowest BCUT2D eigenvalue weighted by Crippen LogP contribution is -2.27. The number of halogens is 1. The first kappa shape index (κ1) is 25.2. The van der Waals surface area contributed by atoms with Gasteiger partial charge in [0.15, 0.2) is 17.4 Å². The molecule has 3 heterocycles. The SMILES string of the molecule is CN(C)C/C=C/C(=O)N1CCC(c2cn(-c3ccc(Oc4ccccc4F)cc3)c3c(N)n[nH]c(=O)c23)C1. The third kappa shape index (κ3) is 5.03. The van der Waals surface area contributed by atoms with Crippen LogP contribution in [0, 0.1) is 5.82 Å². The summed E-state index contributed by atoms with van der Waals surface area (Å²) in [4.78, 5) is 29.4. The van der Waals surface area contributed by atoms with Crippen molar-refractivity contribution < 1.29 is 13.9 Å². The standard InChI is InChI=1S/C28H29FN6O3/c1-33(2)14-5-8-24(36)34-15-13-18(16-34)21-17-35(26-25(21)28(37)32-31-27(26)30)19-9-11-20(12-10-19)38-23-7-4-3-6-22(23)29/h3-12,17-18H,13-16H2,1-2H3,(H2,30,31)(H,32,37)/b8-5+. The van der Waals surface area contributed by atoms with Crippen molar-refractivity contribution in [1.82, 2.24) is 24.6 Å². The van der Waals surface area contributed by atoms with Gasteiger partial charge in [0.25, 0.3) is 5.56 Å². The summed E-state index contributed by atoms with van der Waals surface area (Å²) in [6.45, 7) is 1.78. The number of hydrogen-bond acceptors (Lipinski definition) is 6. The van der Waals surface area contributed by atoms with Gasteiger partial charge in [0.05, 0.1) is 5.39 Å². The Morgan fingerprint density at radius 2 is 2.00 bits per heavy atom. The number of carbonyl (C=O) groups excluding carboxylic acids is 1. The van der Waals surface area contributed by atoms with Gasteiger partial charge in [-0.05, 0) is 62.5 Å². The number of likely N-dealkylation sites (N-methyl/N-ethyl adjacent to an activating group) is 1. The molecule has 3 N–H and O–H groups in total. The van der Waals surface area contributed by atoms with Crippen LogP contribution in [0.1, 0.15) is 17.9 Å².